The van der Waals surface area contributed by atoms with Crippen molar-refractivity contribution < 1.29 is 23.9 Å². The molecule has 1 aromatic heterocycles. The Morgan fingerprint density at radius 2 is 1.72 bits per heavy atom. The number of thiazole rings is 1. The van der Waals surface area contributed by atoms with Gasteiger partial charge < -0.3 is 14.8 Å². The summed E-state index contributed by atoms with van der Waals surface area (Å²) in [5, 5.41) is 3.08. The number of rotatable bonds is 3. The highest BCUT2D eigenvalue weighted by atomic mass is 32.1. The van der Waals surface area contributed by atoms with E-state index in [1.807, 2.05) is 6.07 Å². The summed E-state index contributed by atoms with van der Waals surface area (Å²) in [7, 11) is 0. The topological polar surface area (TPSA) is 97.8 Å². The standard InChI is InChI=1S/C20H15N3O5S/c1-10(23-18(25)11-4-2-3-5-12(11)19(23)26)17(24)22-20-21-13-8-14-15(9-16(13)29-20)28-7-6-27-14/h2-5,8-10H,6-7H2,1H3,(H,21,22,24). The number of hydrogen-bond donors (Lipinski definition) is 1. The molecule has 3 heterocycles. The van der Waals surface area contributed by atoms with Crippen LogP contribution in [-0.4, -0.2) is 46.9 Å². The lowest BCUT2D eigenvalue weighted by Gasteiger charge is -2.21. The normalized spacial score (nSPS) is 16.1. The highest BCUT2D eigenvalue weighted by Crippen LogP contribution is 2.38. The molecule has 1 unspecified atom stereocenters. The van der Waals surface area contributed by atoms with Crippen LogP contribution < -0.4 is 14.8 Å². The fourth-order valence-electron chi connectivity index (χ4n) is 3.41. The van der Waals surface area contributed by atoms with Gasteiger partial charge in [0.2, 0.25) is 5.91 Å². The minimum absolute atomic E-state index is 0.308. The molecular formula is C20H15N3O5S. The molecular weight excluding hydrogens is 394 g/mol. The number of fused-ring (bicyclic) bond motifs is 3. The molecule has 0 fully saturated rings. The van der Waals surface area contributed by atoms with Gasteiger partial charge in [0.25, 0.3) is 11.8 Å². The summed E-state index contributed by atoms with van der Waals surface area (Å²) in [5.41, 5.74) is 1.29. The molecule has 2 aromatic carbocycles. The van der Waals surface area contributed by atoms with Crippen molar-refractivity contribution in [3.63, 3.8) is 0 Å². The van der Waals surface area contributed by atoms with E-state index in [2.05, 4.69) is 10.3 Å². The molecule has 8 nitrogen and oxygen atoms in total. The zero-order chi connectivity index (χ0) is 20.1. The van der Waals surface area contributed by atoms with E-state index in [0.717, 1.165) is 9.60 Å². The third kappa shape index (κ3) is 2.82. The lowest BCUT2D eigenvalue weighted by Crippen LogP contribution is -2.45. The van der Waals surface area contributed by atoms with Crippen molar-refractivity contribution in [3.05, 3.63) is 47.5 Å². The first-order valence-electron chi connectivity index (χ1n) is 9.01. The number of anilines is 1. The van der Waals surface area contributed by atoms with E-state index in [9.17, 15) is 14.4 Å². The van der Waals surface area contributed by atoms with Gasteiger partial charge >= 0.3 is 0 Å². The van der Waals surface area contributed by atoms with Gasteiger partial charge in [0.05, 0.1) is 21.3 Å². The molecule has 2 aliphatic rings. The number of hydrogen-bond acceptors (Lipinski definition) is 7. The molecule has 0 aliphatic carbocycles. The second-order valence-electron chi connectivity index (χ2n) is 6.67. The minimum Gasteiger partial charge on any atom is -0.486 e. The number of benzene rings is 2. The molecule has 146 valence electrons. The Labute approximate surface area is 169 Å². The Bertz CT molecular complexity index is 1110. The van der Waals surface area contributed by atoms with Crippen LogP contribution in [0.1, 0.15) is 27.6 Å². The minimum atomic E-state index is -0.978. The quantitative estimate of drug-likeness (QED) is 0.668. The van der Waals surface area contributed by atoms with Gasteiger partial charge in [-0.05, 0) is 19.1 Å². The molecule has 0 spiro atoms. The molecule has 0 bridgehead atoms. The van der Waals surface area contributed by atoms with Crippen LogP contribution in [0.15, 0.2) is 36.4 Å². The summed E-state index contributed by atoms with van der Waals surface area (Å²) in [4.78, 5) is 43.3. The van der Waals surface area contributed by atoms with Crippen LogP contribution in [0.2, 0.25) is 0 Å². The van der Waals surface area contributed by atoms with E-state index in [0.29, 0.717) is 46.5 Å². The first kappa shape index (κ1) is 17.6. The van der Waals surface area contributed by atoms with Crippen LogP contribution >= 0.6 is 11.3 Å². The van der Waals surface area contributed by atoms with Gasteiger partial charge in [-0.3, -0.25) is 19.3 Å². The summed E-state index contributed by atoms with van der Waals surface area (Å²) in [6.07, 6.45) is 0. The monoisotopic (exact) mass is 409 g/mol. The number of ether oxygens (including phenoxy) is 2. The third-order valence-corrected chi connectivity index (χ3v) is 5.81. The molecule has 9 heteroatoms. The van der Waals surface area contributed by atoms with Gasteiger partial charge in [-0.25, -0.2) is 4.98 Å². The van der Waals surface area contributed by atoms with Crippen molar-refractivity contribution >= 4 is 44.4 Å². The number of nitrogens with zero attached hydrogens (tertiary/aromatic N) is 2. The summed E-state index contributed by atoms with van der Waals surface area (Å²) in [6.45, 7) is 2.48. The Morgan fingerprint density at radius 1 is 1.10 bits per heavy atom. The van der Waals surface area contributed by atoms with Crippen molar-refractivity contribution in [2.75, 3.05) is 18.5 Å². The van der Waals surface area contributed by atoms with Crippen molar-refractivity contribution in [1.82, 2.24) is 9.88 Å². The smallest absolute Gasteiger partial charge is 0.262 e. The Kier molecular flexibility index (Phi) is 3.99. The van der Waals surface area contributed by atoms with E-state index in [4.69, 9.17) is 9.47 Å². The molecule has 3 amide bonds. The van der Waals surface area contributed by atoms with E-state index in [1.54, 1.807) is 30.3 Å². The number of aromatic nitrogens is 1. The van der Waals surface area contributed by atoms with Gasteiger partial charge in [0.15, 0.2) is 16.6 Å². The molecule has 0 saturated carbocycles. The zero-order valence-electron chi connectivity index (χ0n) is 15.3. The Morgan fingerprint density at radius 3 is 2.38 bits per heavy atom. The number of amides is 3. The second-order valence-corrected chi connectivity index (χ2v) is 7.70. The highest BCUT2D eigenvalue weighted by Gasteiger charge is 2.40. The van der Waals surface area contributed by atoms with E-state index in [1.165, 1.54) is 18.3 Å². The second kappa shape index (κ2) is 6.56. The largest absolute Gasteiger partial charge is 0.486 e. The lowest BCUT2D eigenvalue weighted by molar-refractivity contribution is -0.119. The maximum absolute atomic E-state index is 12.7. The van der Waals surface area contributed by atoms with E-state index >= 15 is 0 Å². The van der Waals surface area contributed by atoms with Crippen LogP contribution in [0.4, 0.5) is 5.13 Å². The van der Waals surface area contributed by atoms with Crippen molar-refractivity contribution in [1.29, 1.82) is 0 Å². The van der Waals surface area contributed by atoms with Crippen LogP contribution in [0.5, 0.6) is 11.5 Å². The SMILES string of the molecule is CC(C(=O)Nc1nc2cc3c(cc2s1)OCCO3)N1C(=O)c2ccccc2C1=O. The number of nitrogens with one attached hydrogen (secondary N) is 1. The number of imide groups is 1. The lowest BCUT2D eigenvalue weighted by atomic mass is 10.1. The van der Waals surface area contributed by atoms with E-state index in [-0.39, 0.29) is 0 Å². The summed E-state index contributed by atoms with van der Waals surface area (Å²) in [6, 6.07) is 9.15. The Balaban J connectivity index is 1.38. The summed E-state index contributed by atoms with van der Waals surface area (Å²) < 4.78 is 12.0. The van der Waals surface area contributed by atoms with Gasteiger partial charge in [0.1, 0.15) is 19.3 Å². The molecule has 5 rings (SSSR count). The van der Waals surface area contributed by atoms with Crippen molar-refractivity contribution in [2.24, 2.45) is 0 Å². The fourth-order valence-corrected chi connectivity index (χ4v) is 4.28. The molecule has 0 radical (unpaired) electrons. The zero-order valence-corrected chi connectivity index (χ0v) is 16.1. The van der Waals surface area contributed by atoms with Gasteiger partial charge in [0, 0.05) is 12.1 Å². The third-order valence-electron chi connectivity index (χ3n) is 4.87. The molecule has 29 heavy (non-hydrogen) atoms. The van der Waals surface area contributed by atoms with Crippen LogP contribution in [0.3, 0.4) is 0 Å². The predicted octanol–water partition coefficient (Wildman–Crippen LogP) is 2.69. The molecule has 0 saturated heterocycles. The number of carbonyl (C=O) groups excluding carboxylic acids is 3. The van der Waals surface area contributed by atoms with Crippen LogP contribution in [0.25, 0.3) is 10.2 Å². The van der Waals surface area contributed by atoms with Crippen LogP contribution in [-0.2, 0) is 4.79 Å². The van der Waals surface area contributed by atoms with Crippen molar-refractivity contribution in [2.45, 2.75) is 13.0 Å². The Hall–Kier alpha value is -3.46. The molecule has 2 aliphatic heterocycles. The average molecular weight is 409 g/mol. The van der Waals surface area contributed by atoms with Crippen LogP contribution in [0, 0.1) is 0 Å². The maximum atomic E-state index is 12.7. The summed E-state index contributed by atoms with van der Waals surface area (Å²) >= 11 is 1.28. The van der Waals surface area contributed by atoms with Gasteiger partial charge in [-0.1, -0.05) is 23.5 Å². The molecule has 1 atom stereocenters. The number of carbonyl (C=O) groups is 3. The average Bonchev–Trinajstić information content (AvgIpc) is 3.23. The first-order chi connectivity index (χ1) is 14.0. The maximum Gasteiger partial charge on any atom is 0.262 e. The molecule has 1 N–H and O–H groups in total. The summed E-state index contributed by atoms with van der Waals surface area (Å²) in [5.74, 6) is -0.175. The van der Waals surface area contributed by atoms with Crippen molar-refractivity contribution in [3.8, 4) is 11.5 Å². The predicted molar refractivity (Wildman–Crippen MR) is 106 cm³/mol. The first-order valence-corrected chi connectivity index (χ1v) is 9.82. The van der Waals surface area contributed by atoms with E-state index < -0.39 is 23.8 Å². The van der Waals surface area contributed by atoms with Gasteiger partial charge in [-0.2, -0.15) is 0 Å². The molecule has 3 aromatic rings. The highest BCUT2D eigenvalue weighted by molar-refractivity contribution is 7.22. The fraction of sp³-hybridized carbons (Fsp3) is 0.200. The van der Waals surface area contributed by atoms with Gasteiger partial charge in [-0.15, -0.1) is 0 Å².